The largest absolute Gasteiger partial charge is 0.508 e. The van der Waals surface area contributed by atoms with Gasteiger partial charge in [0.05, 0.1) is 61.7 Å². The molecule has 7 aromatic carbocycles. The highest BCUT2D eigenvalue weighted by atomic mass is 19.1. The van der Waals surface area contributed by atoms with Crippen LogP contribution in [0.3, 0.4) is 0 Å². The zero-order valence-corrected chi connectivity index (χ0v) is 70.8. The predicted octanol–water partition coefficient (Wildman–Crippen LogP) is 13.8. The molecular formula is C89H105F4N5O23. The Bertz CT molecular complexity index is 4870. The molecule has 7 aromatic rings. The van der Waals surface area contributed by atoms with Crippen LogP contribution in [0.25, 0.3) is 0 Å². The van der Waals surface area contributed by atoms with E-state index >= 15 is 0 Å². The highest BCUT2D eigenvalue weighted by Crippen LogP contribution is 2.39. The van der Waals surface area contributed by atoms with Gasteiger partial charge in [0.1, 0.15) is 83.1 Å². The van der Waals surface area contributed by atoms with Crippen LogP contribution in [0.1, 0.15) is 150 Å². The van der Waals surface area contributed by atoms with Gasteiger partial charge in [-0.1, -0.05) is 91.0 Å². The molecule has 0 bridgehead atoms. The van der Waals surface area contributed by atoms with Crippen LogP contribution in [0, 0.1) is 23.3 Å². The van der Waals surface area contributed by atoms with E-state index in [4.69, 9.17) is 52.1 Å². The summed E-state index contributed by atoms with van der Waals surface area (Å²) in [4.78, 5) is 115. The monoisotopic (exact) mass is 1690 g/mol. The lowest BCUT2D eigenvalue weighted by atomic mass is 9.93. The number of benzene rings is 7. The van der Waals surface area contributed by atoms with Crippen molar-refractivity contribution in [3.8, 4) is 28.7 Å². The number of hydrogen-bond donors (Lipinski definition) is 4. The molecule has 5 aliphatic rings. The SMILES string of the molecule is COC(=O)[C@@H]1Cc2c(O)ccc(F)c2CN1C(=O)OC(C)(C)C.COC(=O)[C@@H]1Cc2c(O)cccc2CN1C(=O)OC(C)(C)C.COC(=O)[C@@H]1Cc2c(ccc(F)c2O)CN1C(=O)OC(C)(C)C.COC(=O)[C@@H]1Cc2c(ccc(F)c2OCc2ccccc2)CN1.COC(=O)[C@@H]1Cc2c(ccc(F)c2OCc2ccccc2)CN1C(=O)OC(C)(C)C. The minimum absolute atomic E-state index is 0.0256. The maximum Gasteiger partial charge on any atom is 0.411 e. The van der Waals surface area contributed by atoms with E-state index in [0.717, 1.165) is 44.8 Å². The van der Waals surface area contributed by atoms with Crippen LogP contribution < -0.4 is 14.8 Å². The van der Waals surface area contributed by atoms with E-state index < -0.39 is 130 Å². The van der Waals surface area contributed by atoms with Gasteiger partial charge in [0.2, 0.25) is 0 Å². The third-order valence-electron chi connectivity index (χ3n) is 19.3. The Morgan fingerprint density at radius 1 is 0.347 bits per heavy atom. The van der Waals surface area contributed by atoms with E-state index in [-0.39, 0.29) is 99.6 Å². The lowest BCUT2D eigenvalue weighted by Crippen LogP contribution is -2.50. The Labute approximate surface area is 699 Å². The molecule has 28 nitrogen and oxygen atoms in total. The van der Waals surface area contributed by atoms with Gasteiger partial charge < -0.3 is 72.7 Å². The number of rotatable bonds is 11. The molecule has 4 amide bonds. The van der Waals surface area contributed by atoms with Crippen molar-refractivity contribution in [2.24, 2.45) is 0 Å². The highest BCUT2D eigenvalue weighted by Gasteiger charge is 2.44. The van der Waals surface area contributed by atoms with Gasteiger partial charge in [-0.25, -0.2) is 55.9 Å². The molecule has 12 rings (SSSR count). The molecule has 0 radical (unpaired) electrons. The summed E-state index contributed by atoms with van der Waals surface area (Å²) in [7, 11) is 6.28. The molecule has 32 heteroatoms. The molecule has 0 saturated heterocycles. The first kappa shape index (κ1) is 94.1. The van der Waals surface area contributed by atoms with Crippen molar-refractivity contribution in [1.82, 2.24) is 24.9 Å². The van der Waals surface area contributed by atoms with Crippen molar-refractivity contribution < 1.29 is 128 Å². The van der Waals surface area contributed by atoms with E-state index in [0.29, 0.717) is 46.3 Å². The summed E-state index contributed by atoms with van der Waals surface area (Å²) >= 11 is 0. The maximum atomic E-state index is 14.6. The standard InChI is InChI=1S/C23H26FNO5.C18H18FNO3.2C16H20FNO5.C16H21NO5/c1-23(2,3)30-22(27)25-13-16-10-11-18(24)20(17(16)12-19(25)21(26)28-4)29-14-15-8-6-5-7-9-15;1-22-18(21)16-9-14-13(10-20-16)7-8-15(19)17(14)23-11-12-5-3-2-4-6-12;1-16(2,3)23-15(21)18-8-10-9(7-12(18)14(20)22-4)13(19)6-5-11(10)17;1-16(2,3)23-15(21)18-8-9-5-6-11(17)13(19)10(9)7-12(18)14(20)22-4;1-16(2,3)22-15(20)17-9-10-6-5-7-13(18)11(10)8-12(17)14(19)21-4/h5-11,19H,12-14H2,1-4H3;2-8,16,20H,9-11H2,1H3;2*5-6,12,19H,7-8H2,1-4H3;5-7,12,18H,8-9H2,1-4H3/t19-;16-;3*12-/m00000/s1. The second-order valence-corrected chi connectivity index (χ2v) is 32.6. The fourth-order valence-corrected chi connectivity index (χ4v) is 13.5. The molecule has 0 spiro atoms. The van der Waals surface area contributed by atoms with Gasteiger partial charge in [-0.15, -0.1) is 0 Å². The van der Waals surface area contributed by atoms with E-state index in [1.807, 2.05) is 66.7 Å². The Balaban J connectivity index is 0.000000189. The fourth-order valence-electron chi connectivity index (χ4n) is 13.5. The molecule has 121 heavy (non-hydrogen) atoms. The van der Waals surface area contributed by atoms with E-state index in [1.54, 1.807) is 107 Å². The minimum atomic E-state index is -0.977. The lowest BCUT2D eigenvalue weighted by Gasteiger charge is -2.36. The minimum Gasteiger partial charge on any atom is -0.508 e. The molecule has 5 aliphatic heterocycles. The number of carbonyl (C=O) groups is 9. The number of nitrogens with zero attached hydrogens (tertiary/aromatic N) is 4. The topological polar surface area (TPSA) is 341 Å². The average molecular weight is 1690 g/mol. The molecule has 0 unspecified atom stereocenters. The van der Waals surface area contributed by atoms with Gasteiger partial charge in [-0.05, 0) is 153 Å². The Hall–Kier alpha value is -12.4. The number of esters is 5. The van der Waals surface area contributed by atoms with Crippen LogP contribution in [0.15, 0.2) is 127 Å². The number of ether oxygens (including phenoxy) is 11. The number of fused-ring (bicyclic) bond motifs is 5. The second kappa shape index (κ2) is 40.6. The predicted molar refractivity (Wildman–Crippen MR) is 430 cm³/mol. The van der Waals surface area contributed by atoms with Crippen molar-refractivity contribution in [2.75, 3.05) is 35.5 Å². The Morgan fingerprint density at radius 2 is 0.678 bits per heavy atom. The van der Waals surface area contributed by atoms with Crippen LogP contribution >= 0.6 is 0 Å². The number of halogens is 4. The second-order valence-electron chi connectivity index (χ2n) is 32.6. The summed E-state index contributed by atoms with van der Waals surface area (Å²) in [5.41, 5.74) is 4.75. The summed E-state index contributed by atoms with van der Waals surface area (Å²) in [6.07, 6.45) is -2.04. The number of hydrogen-bond acceptors (Lipinski definition) is 24. The first-order valence-electron chi connectivity index (χ1n) is 38.7. The molecule has 652 valence electrons. The molecule has 0 fully saturated rings. The maximum absolute atomic E-state index is 14.6. The molecule has 0 aliphatic carbocycles. The first-order chi connectivity index (χ1) is 56.9. The van der Waals surface area contributed by atoms with Crippen LogP contribution in [0.5, 0.6) is 28.7 Å². The van der Waals surface area contributed by atoms with Crippen LogP contribution in [0.4, 0.5) is 36.7 Å². The molecule has 4 N–H and O–H groups in total. The third-order valence-corrected chi connectivity index (χ3v) is 19.3. The number of phenolic OH excluding ortho intramolecular Hbond substituents is 3. The van der Waals surface area contributed by atoms with Crippen LogP contribution in [-0.2, 0) is 145 Å². The number of aromatic hydroxyl groups is 3. The third kappa shape index (κ3) is 25.1. The zero-order valence-electron chi connectivity index (χ0n) is 70.8. The van der Waals surface area contributed by atoms with Crippen molar-refractivity contribution in [3.05, 3.63) is 217 Å². The molecule has 0 aromatic heterocycles. The summed E-state index contributed by atoms with van der Waals surface area (Å²) in [5, 5.41) is 32.8. The summed E-state index contributed by atoms with van der Waals surface area (Å²) in [6, 6.07) is 30.9. The van der Waals surface area contributed by atoms with E-state index in [9.17, 15) is 76.0 Å². The average Bonchev–Trinajstić information content (AvgIpc) is 0.800. The molecule has 5 heterocycles. The van der Waals surface area contributed by atoms with Gasteiger partial charge in [0, 0.05) is 72.0 Å². The normalized spacial score (nSPS) is 16.9. The van der Waals surface area contributed by atoms with Gasteiger partial charge in [0.15, 0.2) is 34.7 Å². The summed E-state index contributed by atoms with van der Waals surface area (Å²) in [6.45, 7) is 21.9. The van der Waals surface area contributed by atoms with Crippen LogP contribution in [-0.4, -0.2) is 177 Å². The quantitative estimate of drug-likeness (QED) is 0.0531. The van der Waals surface area contributed by atoms with Crippen molar-refractivity contribution in [1.29, 1.82) is 0 Å². The van der Waals surface area contributed by atoms with E-state index in [2.05, 4.69) is 5.32 Å². The fraction of sp³-hybridized carbons (Fsp3) is 0.427. The summed E-state index contributed by atoms with van der Waals surface area (Å²) in [5.74, 6) is -5.18. The Morgan fingerprint density at radius 3 is 1.08 bits per heavy atom. The van der Waals surface area contributed by atoms with Gasteiger partial charge in [-0.3, -0.25) is 24.4 Å². The van der Waals surface area contributed by atoms with E-state index in [1.165, 1.54) is 74.5 Å². The smallest absolute Gasteiger partial charge is 0.411 e. The number of phenols is 3. The van der Waals surface area contributed by atoms with Gasteiger partial charge >= 0.3 is 54.2 Å². The molecular weight excluding hydrogens is 1580 g/mol. The lowest BCUT2D eigenvalue weighted by molar-refractivity contribution is -0.148. The number of carbonyl (C=O) groups excluding carboxylic acids is 9. The number of methoxy groups -OCH3 is 5. The van der Waals surface area contributed by atoms with Gasteiger partial charge in [-0.2, -0.15) is 0 Å². The highest BCUT2D eigenvalue weighted by molar-refractivity contribution is 5.86. The molecule has 5 atom stereocenters. The zero-order chi connectivity index (χ0) is 89.3. The number of amides is 4. The number of nitrogens with one attached hydrogen (secondary N) is 1. The summed E-state index contributed by atoms with van der Waals surface area (Å²) < 4.78 is 113. The Kier molecular flexibility index (Phi) is 31.6. The van der Waals surface area contributed by atoms with Crippen LogP contribution in [0.2, 0.25) is 0 Å². The first-order valence-corrected chi connectivity index (χ1v) is 38.7. The van der Waals surface area contributed by atoms with Gasteiger partial charge in [0.25, 0.3) is 0 Å². The van der Waals surface area contributed by atoms with Crippen molar-refractivity contribution in [2.45, 2.75) is 214 Å². The van der Waals surface area contributed by atoms with Crippen molar-refractivity contribution >= 4 is 54.2 Å². The molecule has 0 saturated carbocycles. The van der Waals surface area contributed by atoms with Crippen molar-refractivity contribution in [3.63, 3.8) is 0 Å².